The summed E-state index contributed by atoms with van der Waals surface area (Å²) in [7, 11) is 0. The van der Waals surface area contributed by atoms with Crippen LogP contribution in [0.4, 0.5) is 0 Å². The number of nitrogens with zero attached hydrogens (tertiary/aromatic N) is 1. The highest BCUT2D eigenvalue weighted by Crippen LogP contribution is 2.14. The molecule has 0 saturated carbocycles. The van der Waals surface area contributed by atoms with Crippen molar-refractivity contribution in [3.8, 4) is 0 Å². The van der Waals surface area contributed by atoms with E-state index in [1.807, 2.05) is 18.2 Å². The predicted octanol–water partition coefficient (Wildman–Crippen LogP) is 1.90. The standard InChI is InChI=1S/C7H3NS/c1-2-4-7-6(3-1)5-8-9-7/h1,3-4H. The summed E-state index contributed by atoms with van der Waals surface area (Å²) < 4.78 is 5.05. The van der Waals surface area contributed by atoms with Gasteiger partial charge in [-0.15, -0.1) is 0 Å². The largest absolute Gasteiger partial charge is 0.190 e. The van der Waals surface area contributed by atoms with Crippen molar-refractivity contribution < 1.29 is 0 Å². The third-order valence-electron chi connectivity index (χ3n) is 1.14. The van der Waals surface area contributed by atoms with Crippen molar-refractivity contribution in [3.63, 3.8) is 0 Å². The lowest BCUT2D eigenvalue weighted by Gasteiger charge is -1.79. The minimum Gasteiger partial charge on any atom is -0.190 e. The average Bonchev–Trinajstić information content (AvgIpc) is 2.33. The van der Waals surface area contributed by atoms with Gasteiger partial charge in [-0.1, -0.05) is 12.1 Å². The Bertz CT molecular complexity index is 283. The normalized spacial score (nSPS) is 10.2. The molecule has 1 nitrogen and oxygen atoms in total. The van der Waals surface area contributed by atoms with Crippen molar-refractivity contribution in [1.82, 2.24) is 4.37 Å². The molecule has 1 aromatic carbocycles. The lowest BCUT2D eigenvalue weighted by Crippen LogP contribution is -1.57. The van der Waals surface area contributed by atoms with Crippen LogP contribution in [0.5, 0.6) is 0 Å². The van der Waals surface area contributed by atoms with Crippen molar-refractivity contribution in [1.29, 1.82) is 0 Å². The highest BCUT2D eigenvalue weighted by atomic mass is 32.1. The number of benzene rings is 1. The number of hydrogen-bond donors (Lipinski definition) is 0. The van der Waals surface area contributed by atoms with Gasteiger partial charge in [0.2, 0.25) is 0 Å². The highest BCUT2D eigenvalue weighted by Gasteiger charge is 1.90. The summed E-state index contributed by atoms with van der Waals surface area (Å²) in [6, 6.07) is 8.72. The summed E-state index contributed by atoms with van der Waals surface area (Å²) in [4.78, 5) is 0. The zero-order valence-electron chi connectivity index (χ0n) is 4.59. The van der Waals surface area contributed by atoms with E-state index in [9.17, 15) is 0 Å². The molecule has 2 radical (unpaired) electrons. The molecule has 0 bridgehead atoms. The first-order chi connectivity index (χ1) is 4.47. The molecule has 0 saturated heterocycles. The monoisotopic (exact) mass is 133 g/mol. The predicted molar refractivity (Wildman–Crippen MR) is 37.3 cm³/mol. The molecule has 2 rings (SSSR count). The quantitative estimate of drug-likeness (QED) is 0.534. The molecule has 0 amide bonds. The summed E-state index contributed by atoms with van der Waals surface area (Å²) in [5.41, 5.74) is 0. The second kappa shape index (κ2) is 1.81. The van der Waals surface area contributed by atoms with Gasteiger partial charge in [-0.3, -0.25) is 0 Å². The molecule has 0 aliphatic rings. The Balaban J connectivity index is 2.95. The Morgan fingerprint density at radius 1 is 1.56 bits per heavy atom. The van der Waals surface area contributed by atoms with Crippen molar-refractivity contribution in [2.45, 2.75) is 0 Å². The van der Waals surface area contributed by atoms with E-state index in [0.29, 0.717) is 0 Å². The second-order valence-corrected chi connectivity index (χ2v) is 2.52. The van der Waals surface area contributed by atoms with Crippen LogP contribution in [0, 0.1) is 12.3 Å². The van der Waals surface area contributed by atoms with E-state index >= 15 is 0 Å². The van der Waals surface area contributed by atoms with Crippen molar-refractivity contribution in [2.24, 2.45) is 0 Å². The van der Waals surface area contributed by atoms with Gasteiger partial charge in [0.25, 0.3) is 0 Å². The van der Waals surface area contributed by atoms with Crippen LogP contribution in [-0.4, -0.2) is 4.37 Å². The van der Waals surface area contributed by atoms with Crippen LogP contribution in [-0.2, 0) is 0 Å². The van der Waals surface area contributed by atoms with Gasteiger partial charge in [0, 0.05) is 5.39 Å². The maximum Gasteiger partial charge on any atom is 0.112 e. The van der Waals surface area contributed by atoms with Gasteiger partial charge >= 0.3 is 0 Å². The van der Waals surface area contributed by atoms with Crippen LogP contribution in [0.1, 0.15) is 0 Å². The molecule has 2 aromatic rings. The molecule has 0 atom stereocenters. The molecule has 0 aliphatic heterocycles. The summed E-state index contributed by atoms with van der Waals surface area (Å²) in [6.45, 7) is 0. The molecule has 0 spiro atoms. The second-order valence-electron chi connectivity index (χ2n) is 1.72. The van der Waals surface area contributed by atoms with Gasteiger partial charge in [-0.2, -0.15) is 4.37 Å². The highest BCUT2D eigenvalue weighted by molar-refractivity contribution is 7.13. The summed E-state index contributed by atoms with van der Waals surface area (Å²) in [5, 5.41) is 1.08. The average molecular weight is 133 g/mol. The molecule has 2 heteroatoms. The molecule has 9 heavy (non-hydrogen) atoms. The van der Waals surface area contributed by atoms with Crippen molar-refractivity contribution in [3.05, 3.63) is 30.5 Å². The first-order valence-corrected chi connectivity index (χ1v) is 3.37. The van der Waals surface area contributed by atoms with E-state index in [-0.39, 0.29) is 0 Å². The number of hydrogen-bond acceptors (Lipinski definition) is 2. The number of aromatic nitrogens is 1. The lowest BCUT2D eigenvalue weighted by molar-refractivity contribution is 1.58. The first kappa shape index (κ1) is 4.94. The van der Waals surface area contributed by atoms with Gasteiger partial charge in [-0.25, -0.2) is 0 Å². The fraction of sp³-hybridized carbons (Fsp3) is 0. The van der Waals surface area contributed by atoms with E-state index in [0.717, 1.165) is 10.1 Å². The third-order valence-corrected chi connectivity index (χ3v) is 1.85. The Labute approximate surface area is 57.1 Å². The van der Waals surface area contributed by atoms with Gasteiger partial charge in [0.15, 0.2) is 0 Å². The maximum atomic E-state index is 3.90. The SMILES string of the molecule is [c]1ccc2[c]nsc2c1. The van der Waals surface area contributed by atoms with Gasteiger partial charge in [-0.05, 0) is 23.7 Å². The van der Waals surface area contributed by atoms with Crippen LogP contribution in [0.2, 0.25) is 0 Å². The lowest BCUT2D eigenvalue weighted by atomic mass is 10.3. The van der Waals surface area contributed by atoms with E-state index in [1.54, 1.807) is 0 Å². The Hall–Kier alpha value is -0.890. The van der Waals surface area contributed by atoms with Crippen LogP contribution in [0.3, 0.4) is 0 Å². The van der Waals surface area contributed by atoms with Crippen molar-refractivity contribution in [2.75, 3.05) is 0 Å². The van der Waals surface area contributed by atoms with E-state index < -0.39 is 0 Å². The summed E-state index contributed by atoms with van der Waals surface area (Å²) in [5.74, 6) is 0. The molecule has 1 aromatic heterocycles. The molecular formula is C7H3NS. The Morgan fingerprint density at radius 2 is 2.56 bits per heavy atom. The molecule has 1 heterocycles. The molecule has 0 fully saturated rings. The molecule has 42 valence electrons. The van der Waals surface area contributed by atoms with Gasteiger partial charge in [0.05, 0.1) is 4.70 Å². The number of rotatable bonds is 0. The molecule has 0 N–H and O–H groups in total. The number of fused-ring (bicyclic) bond motifs is 1. The van der Waals surface area contributed by atoms with Crippen LogP contribution in [0.25, 0.3) is 10.1 Å². The van der Waals surface area contributed by atoms with Gasteiger partial charge in [0.1, 0.15) is 6.20 Å². The first-order valence-electron chi connectivity index (χ1n) is 2.60. The molecular weight excluding hydrogens is 130 g/mol. The summed E-state index contributed by atoms with van der Waals surface area (Å²) in [6.07, 6.45) is 2.87. The maximum absolute atomic E-state index is 3.90. The smallest absolute Gasteiger partial charge is 0.112 e. The fourth-order valence-electron chi connectivity index (χ4n) is 0.704. The van der Waals surface area contributed by atoms with Crippen LogP contribution < -0.4 is 0 Å². The Kier molecular flexibility index (Phi) is 0.993. The Morgan fingerprint density at radius 3 is 3.44 bits per heavy atom. The zero-order chi connectivity index (χ0) is 6.10. The summed E-state index contributed by atoms with van der Waals surface area (Å²) >= 11 is 1.45. The molecule has 0 unspecified atom stereocenters. The van der Waals surface area contributed by atoms with Crippen molar-refractivity contribution >= 4 is 21.6 Å². The van der Waals surface area contributed by atoms with E-state index in [2.05, 4.69) is 16.6 Å². The van der Waals surface area contributed by atoms with Crippen LogP contribution >= 0.6 is 11.5 Å². The zero-order valence-corrected chi connectivity index (χ0v) is 5.40. The van der Waals surface area contributed by atoms with Crippen LogP contribution in [0.15, 0.2) is 18.2 Å². The van der Waals surface area contributed by atoms with Gasteiger partial charge < -0.3 is 0 Å². The third kappa shape index (κ3) is 0.715. The molecule has 0 aliphatic carbocycles. The minimum atomic E-state index is 1.08. The topological polar surface area (TPSA) is 12.9 Å². The van der Waals surface area contributed by atoms with E-state index in [4.69, 9.17) is 0 Å². The minimum absolute atomic E-state index is 1.08. The van der Waals surface area contributed by atoms with E-state index in [1.165, 1.54) is 11.5 Å². The fourth-order valence-corrected chi connectivity index (χ4v) is 1.28.